The van der Waals surface area contributed by atoms with Crippen LogP contribution in [0, 0.1) is 16.2 Å². The van der Waals surface area contributed by atoms with Gasteiger partial charge in [-0.05, 0) is 68.8 Å². The van der Waals surface area contributed by atoms with Crippen molar-refractivity contribution in [2.75, 3.05) is 0 Å². The molecule has 1 aliphatic carbocycles. The lowest BCUT2D eigenvalue weighted by Crippen LogP contribution is -2.25. The minimum Gasteiger partial charge on any atom is -0.0847 e. The molecule has 0 atom stereocenters. The van der Waals surface area contributed by atoms with Gasteiger partial charge in [-0.1, -0.05) is 122 Å². The summed E-state index contributed by atoms with van der Waals surface area (Å²) in [5, 5.41) is 0. The van der Waals surface area contributed by atoms with Gasteiger partial charge in [0.15, 0.2) is 0 Å². The molecular weight excluding hydrogens is 360 g/mol. The van der Waals surface area contributed by atoms with Crippen LogP contribution in [0.1, 0.15) is 116 Å². The van der Waals surface area contributed by atoms with Crippen LogP contribution in [0.2, 0.25) is 0 Å². The third-order valence-corrected chi connectivity index (χ3v) is 6.48. The molecule has 0 unspecified atom stereocenters. The summed E-state index contributed by atoms with van der Waals surface area (Å²) < 4.78 is 0. The van der Waals surface area contributed by atoms with Crippen LogP contribution in [0.15, 0.2) is 58.7 Å². The highest BCUT2D eigenvalue weighted by atomic mass is 14.3. The highest BCUT2D eigenvalue weighted by Gasteiger charge is 2.27. The summed E-state index contributed by atoms with van der Waals surface area (Å²) in [5.74, 6) is 0. The molecule has 0 amide bonds. The number of hydrogen-bond acceptors (Lipinski definition) is 0. The third kappa shape index (κ3) is 12.4. The quantitative estimate of drug-likeness (QED) is 0.401. The highest BCUT2D eigenvalue weighted by Crippen LogP contribution is 2.40. The van der Waals surface area contributed by atoms with E-state index >= 15 is 0 Å². The van der Waals surface area contributed by atoms with E-state index in [2.05, 4.69) is 120 Å². The second kappa shape index (κ2) is 13.9. The molecule has 0 bridgehead atoms. The Morgan fingerprint density at radius 3 is 1.77 bits per heavy atom. The Hall–Kier alpha value is -1.30. The number of allylic oxidation sites excluding steroid dienone is 10. The predicted molar refractivity (Wildman–Crippen MR) is 142 cm³/mol. The van der Waals surface area contributed by atoms with Crippen LogP contribution in [0.4, 0.5) is 0 Å². The monoisotopic (exact) mass is 414 g/mol. The van der Waals surface area contributed by atoms with Gasteiger partial charge in [-0.15, -0.1) is 0 Å². The summed E-state index contributed by atoms with van der Waals surface area (Å²) in [6, 6.07) is 0. The lowest BCUT2D eigenvalue weighted by molar-refractivity contribution is 0.157. The molecule has 0 aromatic rings. The van der Waals surface area contributed by atoms with Crippen LogP contribution >= 0.6 is 0 Å². The van der Waals surface area contributed by atoms with E-state index in [1.54, 1.807) is 5.57 Å². The topological polar surface area (TPSA) is 0 Å². The smallest absolute Gasteiger partial charge is 0.0104 e. The Morgan fingerprint density at radius 2 is 1.37 bits per heavy atom. The van der Waals surface area contributed by atoms with Crippen molar-refractivity contribution in [2.45, 2.75) is 116 Å². The van der Waals surface area contributed by atoms with Gasteiger partial charge in [0.1, 0.15) is 0 Å². The largest absolute Gasteiger partial charge is 0.0847 e. The molecular formula is C30H54. The fourth-order valence-corrected chi connectivity index (χ4v) is 2.73. The van der Waals surface area contributed by atoms with Crippen molar-refractivity contribution in [1.82, 2.24) is 0 Å². The van der Waals surface area contributed by atoms with E-state index in [1.807, 2.05) is 13.8 Å². The van der Waals surface area contributed by atoms with E-state index in [0.29, 0.717) is 16.2 Å². The van der Waals surface area contributed by atoms with Gasteiger partial charge in [0.2, 0.25) is 0 Å². The Labute approximate surface area is 191 Å². The number of rotatable bonds is 4. The van der Waals surface area contributed by atoms with Crippen LogP contribution in [-0.2, 0) is 0 Å². The first-order valence-corrected chi connectivity index (χ1v) is 12.0. The number of hydrogen-bond donors (Lipinski definition) is 0. The Morgan fingerprint density at radius 1 is 0.867 bits per heavy atom. The van der Waals surface area contributed by atoms with E-state index in [0.717, 1.165) is 0 Å². The van der Waals surface area contributed by atoms with E-state index < -0.39 is 0 Å². The Bertz CT molecular complexity index is 617. The summed E-state index contributed by atoms with van der Waals surface area (Å²) >= 11 is 0. The normalized spacial score (nSPS) is 18.2. The molecule has 0 aliphatic heterocycles. The Kier molecular flexibility index (Phi) is 14.3. The van der Waals surface area contributed by atoms with Crippen LogP contribution in [-0.4, -0.2) is 0 Å². The molecule has 0 nitrogen and oxygen atoms in total. The van der Waals surface area contributed by atoms with Gasteiger partial charge in [-0.3, -0.25) is 0 Å². The zero-order valence-corrected chi connectivity index (χ0v) is 23.1. The minimum absolute atomic E-state index is 0.330. The maximum atomic E-state index is 2.36. The van der Waals surface area contributed by atoms with Crippen molar-refractivity contribution in [1.29, 1.82) is 0 Å². The molecule has 0 saturated heterocycles. The summed E-state index contributed by atoms with van der Waals surface area (Å²) in [7, 11) is 0. The molecule has 0 aromatic heterocycles. The van der Waals surface area contributed by atoms with Gasteiger partial charge in [0.05, 0.1) is 0 Å². The zero-order chi connectivity index (χ0) is 24.2. The first-order chi connectivity index (χ1) is 13.6. The summed E-state index contributed by atoms with van der Waals surface area (Å²) in [4.78, 5) is 0. The highest BCUT2D eigenvalue weighted by molar-refractivity contribution is 5.37. The summed E-state index contributed by atoms with van der Waals surface area (Å²) in [5.41, 5.74) is 6.89. The van der Waals surface area contributed by atoms with Crippen molar-refractivity contribution in [3.63, 3.8) is 0 Å². The molecule has 174 valence electrons. The lowest BCUT2D eigenvalue weighted by Gasteiger charge is -2.34. The van der Waals surface area contributed by atoms with E-state index in [1.165, 1.54) is 36.0 Å². The molecule has 1 rings (SSSR count). The van der Waals surface area contributed by atoms with Crippen LogP contribution in [0.3, 0.4) is 0 Å². The molecule has 30 heavy (non-hydrogen) atoms. The molecule has 0 aromatic carbocycles. The van der Waals surface area contributed by atoms with E-state index in [-0.39, 0.29) is 0 Å². The average molecular weight is 415 g/mol. The van der Waals surface area contributed by atoms with Crippen molar-refractivity contribution >= 4 is 0 Å². The van der Waals surface area contributed by atoms with Crippen molar-refractivity contribution in [3.05, 3.63) is 58.7 Å². The molecule has 0 heterocycles. The lowest BCUT2D eigenvalue weighted by atomic mass is 9.71. The van der Waals surface area contributed by atoms with Gasteiger partial charge < -0.3 is 0 Å². The third-order valence-electron chi connectivity index (χ3n) is 6.48. The molecule has 0 N–H and O–H groups in total. The van der Waals surface area contributed by atoms with Crippen molar-refractivity contribution in [2.24, 2.45) is 16.2 Å². The molecule has 1 aliphatic rings. The maximum absolute atomic E-state index is 2.36. The summed E-state index contributed by atoms with van der Waals surface area (Å²) in [6.07, 6.45) is 17.0. The van der Waals surface area contributed by atoms with E-state index in [9.17, 15) is 0 Å². The summed E-state index contributed by atoms with van der Waals surface area (Å²) in [6.45, 7) is 31.0. The fraction of sp³-hybridized carbons (Fsp3) is 0.667. The molecule has 0 radical (unpaired) electrons. The Balaban J connectivity index is 0. The van der Waals surface area contributed by atoms with Crippen LogP contribution < -0.4 is 0 Å². The average Bonchev–Trinajstić information content (AvgIpc) is 2.61. The predicted octanol–water partition coefficient (Wildman–Crippen LogP) is 10.6. The van der Waals surface area contributed by atoms with Crippen molar-refractivity contribution in [3.8, 4) is 0 Å². The van der Waals surface area contributed by atoms with Gasteiger partial charge in [0, 0.05) is 0 Å². The van der Waals surface area contributed by atoms with Gasteiger partial charge >= 0.3 is 0 Å². The van der Waals surface area contributed by atoms with Crippen LogP contribution in [0.25, 0.3) is 0 Å². The van der Waals surface area contributed by atoms with E-state index in [4.69, 9.17) is 0 Å². The molecule has 0 heteroatoms. The first kappa shape index (κ1) is 30.9. The molecule has 0 saturated carbocycles. The van der Waals surface area contributed by atoms with Gasteiger partial charge in [0.25, 0.3) is 0 Å². The zero-order valence-electron chi connectivity index (χ0n) is 23.1. The maximum Gasteiger partial charge on any atom is -0.0104 e. The second-order valence-electron chi connectivity index (χ2n) is 11.1. The standard InChI is InChI=1S/C20H30.C8H18.C2H6/c1-7-16(2)10-8-11-17(3)13-14-19-18(4)12-9-15-20(19,5)6;1-7(2,3)8(4,5)6;1-2/h7-8,10-11,13-14H,9,12,15H2,1-6H3;1-6H3;1-2H3/b10-8+,14-13+,16-7+,17-11+;;. The van der Waals surface area contributed by atoms with Gasteiger partial charge in [-0.2, -0.15) is 0 Å². The molecule has 0 spiro atoms. The fourth-order valence-electron chi connectivity index (χ4n) is 2.73. The SMILES string of the molecule is C/C=C(C)/C=C/C=C(C)/C=C/C1=C(C)CCCC1(C)C.CC.CC(C)(C)C(C)(C)C. The minimum atomic E-state index is 0.330. The van der Waals surface area contributed by atoms with Crippen LogP contribution in [0.5, 0.6) is 0 Å². The molecule has 0 fully saturated rings. The van der Waals surface area contributed by atoms with Crippen molar-refractivity contribution < 1.29 is 0 Å². The first-order valence-electron chi connectivity index (χ1n) is 12.0. The second-order valence-corrected chi connectivity index (χ2v) is 11.1. The van der Waals surface area contributed by atoms with Gasteiger partial charge in [-0.25, -0.2) is 0 Å².